The molecule has 0 aliphatic rings. The van der Waals surface area contributed by atoms with E-state index in [1.165, 1.54) is 6.92 Å². The molecule has 0 aliphatic heterocycles. The van der Waals surface area contributed by atoms with Crippen molar-refractivity contribution in [1.29, 1.82) is 0 Å². The Bertz CT molecular complexity index is 197. The Morgan fingerprint density at radius 2 is 2.00 bits per heavy atom. The van der Waals surface area contributed by atoms with Gasteiger partial charge >= 0.3 is 7.60 Å². The fourth-order valence-electron chi connectivity index (χ4n) is 0.186. The van der Waals surface area contributed by atoms with Crippen LogP contribution in [0.1, 0.15) is 20.3 Å². The molecule has 0 saturated heterocycles. The van der Waals surface area contributed by atoms with Gasteiger partial charge < -0.3 is 9.79 Å². The van der Waals surface area contributed by atoms with Crippen LogP contribution in [0.4, 0.5) is 0 Å². The molecule has 0 aliphatic carbocycles. The third-order valence-electron chi connectivity index (χ3n) is 0.883. The van der Waals surface area contributed by atoms with E-state index >= 15 is 0 Å². The normalized spacial score (nSPS) is 10.2. The minimum absolute atomic E-state index is 0.0625. The summed E-state index contributed by atoms with van der Waals surface area (Å²) >= 11 is 0. The SMILES string of the molecule is C#CCC=CC.CCP(=O)(O)O. The van der Waals surface area contributed by atoms with Gasteiger partial charge in [0.1, 0.15) is 0 Å². The average molecular weight is 190 g/mol. The van der Waals surface area contributed by atoms with E-state index in [0.29, 0.717) is 0 Å². The van der Waals surface area contributed by atoms with Crippen LogP contribution in [0.3, 0.4) is 0 Å². The van der Waals surface area contributed by atoms with Crippen molar-refractivity contribution in [2.24, 2.45) is 0 Å². The monoisotopic (exact) mass is 190 g/mol. The molecule has 0 heterocycles. The summed E-state index contributed by atoms with van der Waals surface area (Å²) in [6, 6.07) is 0. The minimum atomic E-state index is -3.65. The van der Waals surface area contributed by atoms with Gasteiger partial charge in [-0.25, -0.2) is 0 Å². The highest BCUT2D eigenvalue weighted by atomic mass is 31.2. The van der Waals surface area contributed by atoms with Crippen LogP contribution in [0.25, 0.3) is 0 Å². The molecule has 0 unspecified atom stereocenters. The second-order valence-corrected chi connectivity index (χ2v) is 3.92. The number of hydrogen-bond acceptors (Lipinski definition) is 1. The molecule has 0 bridgehead atoms. The maximum absolute atomic E-state index is 9.69. The molecule has 0 saturated carbocycles. The van der Waals surface area contributed by atoms with Crippen molar-refractivity contribution in [2.75, 3.05) is 6.16 Å². The van der Waals surface area contributed by atoms with Crippen LogP contribution in [0.15, 0.2) is 12.2 Å². The molecule has 0 rings (SSSR count). The second kappa shape index (κ2) is 8.55. The Labute approximate surface area is 73.7 Å². The lowest BCUT2D eigenvalue weighted by atomic mass is 10.4. The molecule has 12 heavy (non-hydrogen) atoms. The fraction of sp³-hybridized carbons (Fsp3) is 0.500. The molecular formula is C8H15O3P. The Hall–Kier alpha value is -0.550. The lowest BCUT2D eigenvalue weighted by Crippen LogP contribution is -1.76. The van der Waals surface area contributed by atoms with Gasteiger partial charge in [-0.1, -0.05) is 19.1 Å². The Morgan fingerprint density at radius 1 is 1.58 bits per heavy atom. The number of terminal acetylenes is 1. The van der Waals surface area contributed by atoms with Crippen LogP contribution in [0, 0.1) is 12.3 Å². The molecule has 4 heteroatoms. The molecule has 0 aromatic rings. The topological polar surface area (TPSA) is 57.5 Å². The maximum Gasteiger partial charge on any atom is 0.325 e. The first-order valence-corrected chi connectivity index (χ1v) is 5.36. The highest BCUT2D eigenvalue weighted by Crippen LogP contribution is 2.32. The quantitative estimate of drug-likeness (QED) is 0.396. The highest BCUT2D eigenvalue weighted by molar-refractivity contribution is 7.51. The van der Waals surface area contributed by atoms with Crippen molar-refractivity contribution in [3.05, 3.63) is 12.2 Å². The summed E-state index contributed by atoms with van der Waals surface area (Å²) in [5.41, 5.74) is 0. The van der Waals surface area contributed by atoms with Crippen LogP contribution in [0.5, 0.6) is 0 Å². The van der Waals surface area contributed by atoms with Gasteiger partial charge in [0.2, 0.25) is 0 Å². The van der Waals surface area contributed by atoms with Gasteiger partial charge in [-0.05, 0) is 6.92 Å². The molecule has 0 spiro atoms. The van der Waals surface area contributed by atoms with Crippen LogP contribution < -0.4 is 0 Å². The van der Waals surface area contributed by atoms with Crippen LogP contribution in [0.2, 0.25) is 0 Å². The average Bonchev–Trinajstić information content (AvgIpc) is 2.01. The molecule has 0 aromatic carbocycles. The summed E-state index contributed by atoms with van der Waals surface area (Å²) in [5.74, 6) is 2.48. The predicted octanol–water partition coefficient (Wildman–Crippen LogP) is 1.77. The largest absolute Gasteiger partial charge is 0.325 e. The Balaban J connectivity index is 0. The van der Waals surface area contributed by atoms with Crippen molar-refractivity contribution in [1.82, 2.24) is 0 Å². The molecule has 2 N–H and O–H groups in total. The van der Waals surface area contributed by atoms with E-state index in [-0.39, 0.29) is 6.16 Å². The summed E-state index contributed by atoms with van der Waals surface area (Å²) in [4.78, 5) is 15.9. The molecule has 3 nitrogen and oxygen atoms in total. The van der Waals surface area contributed by atoms with E-state index < -0.39 is 7.60 Å². The molecule has 0 fully saturated rings. The summed E-state index contributed by atoms with van der Waals surface area (Å²) in [5, 5.41) is 0. The standard InChI is InChI=1S/C6H8.C2H7O3P/c1-3-5-6-4-2;1-2-6(3,4)5/h1,4,6H,5H2,2H3;2H2,1H3,(H2,3,4,5). The predicted molar refractivity (Wildman–Crippen MR) is 50.8 cm³/mol. The first-order chi connectivity index (χ1) is 5.47. The highest BCUT2D eigenvalue weighted by Gasteiger charge is 2.05. The van der Waals surface area contributed by atoms with E-state index in [0.717, 1.165) is 6.42 Å². The Morgan fingerprint density at radius 3 is 2.08 bits per heavy atom. The summed E-state index contributed by atoms with van der Waals surface area (Å²) in [7, 11) is -3.65. The maximum atomic E-state index is 9.69. The van der Waals surface area contributed by atoms with Gasteiger partial charge in [0.05, 0.1) is 0 Å². The van der Waals surface area contributed by atoms with E-state index in [9.17, 15) is 4.57 Å². The zero-order chi connectivity index (χ0) is 10.0. The number of allylic oxidation sites excluding steroid dienone is 2. The van der Waals surface area contributed by atoms with Gasteiger partial charge in [0, 0.05) is 12.6 Å². The first-order valence-electron chi connectivity index (χ1n) is 3.57. The number of hydrogen-bond donors (Lipinski definition) is 2. The van der Waals surface area contributed by atoms with E-state index in [4.69, 9.17) is 16.2 Å². The van der Waals surface area contributed by atoms with Crippen molar-refractivity contribution >= 4 is 7.60 Å². The first kappa shape index (κ1) is 14.0. The minimum Gasteiger partial charge on any atom is -0.324 e. The summed E-state index contributed by atoms with van der Waals surface area (Å²) in [6.45, 7) is 3.40. The van der Waals surface area contributed by atoms with Crippen LogP contribution in [-0.4, -0.2) is 15.9 Å². The third-order valence-corrected chi connectivity index (χ3v) is 1.71. The molecule has 70 valence electrons. The Kier molecular flexibility index (Phi) is 9.97. The van der Waals surface area contributed by atoms with Crippen LogP contribution >= 0.6 is 7.60 Å². The molecular weight excluding hydrogens is 175 g/mol. The van der Waals surface area contributed by atoms with E-state index in [2.05, 4.69) is 5.92 Å². The summed E-state index contributed by atoms with van der Waals surface area (Å²) in [6.07, 6.45) is 9.50. The molecule has 0 radical (unpaired) electrons. The van der Waals surface area contributed by atoms with Gasteiger partial charge in [0.25, 0.3) is 0 Å². The zero-order valence-corrected chi connectivity index (χ0v) is 8.29. The van der Waals surface area contributed by atoms with Crippen molar-refractivity contribution < 1.29 is 14.4 Å². The van der Waals surface area contributed by atoms with Crippen molar-refractivity contribution in [2.45, 2.75) is 20.3 Å². The van der Waals surface area contributed by atoms with Crippen molar-refractivity contribution in [3.63, 3.8) is 0 Å². The van der Waals surface area contributed by atoms with Gasteiger partial charge in [-0.3, -0.25) is 4.57 Å². The van der Waals surface area contributed by atoms with Gasteiger partial charge in [0.15, 0.2) is 0 Å². The number of rotatable bonds is 2. The smallest absolute Gasteiger partial charge is 0.324 e. The lowest BCUT2D eigenvalue weighted by molar-refractivity contribution is 0.375. The zero-order valence-electron chi connectivity index (χ0n) is 7.40. The molecule has 0 aromatic heterocycles. The van der Waals surface area contributed by atoms with Crippen molar-refractivity contribution in [3.8, 4) is 12.3 Å². The van der Waals surface area contributed by atoms with Gasteiger partial charge in [-0.2, -0.15) is 0 Å². The van der Waals surface area contributed by atoms with E-state index in [1.54, 1.807) is 0 Å². The molecule has 0 amide bonds. The fourth-order valence-corrected chi connectivity index (χ4v) is 0.186. The van der Waals surface area contributed by atoms with Crippen LogP contribution in [-0.2, 0) is 4.57 Å². The van der Waals surface area contributed by atoms with E-state index in [1.807, 2.05) is 19.1 Å². The second-order valence-electron chi connectivity index (χ2n) is 1.96. The van der Waals surface area contributed by atoms with Gasteiger partial charge in [-0.15, -0.1) is 12.3 Å². The third kappa shape index (κ3) is 22.7. The molecule has 0 atom stereocenters. The summed E-state index contributed by atoms with van der Waals surface area (Å²) < 4.78 is 9.69. The lowest BCUT2D eigenvalue weighted by Gasteiger charge is -1.92.